The van der Waals surface area contributed by atoms with Crippen LogP contribution in [0.3, 0.4) is 0 Å². The highest BCUT2D eigenvalue weighted by molar-refractivity contribution is 8.03. The van der Waals surface area contributed by atoms with Gasteiger partial charge in [-0.15, -0.1) is 0 Å². The lowest BCUT2D eigenvalue weighted by atomic mass is 9.92. The lowest BCUT2D eigenvalue weighted by Crippen LogP contribution is -2.31. The van der Waals surface area contributed by atoms with Crippen LogP contribution in [0.25, 0.3) is 0 Å². The Morgan fingerprint density at radius 1 is 1.37 bits per heavy atom. The first-order chi connectivity index (χ1) is 13.0. The third-order valence-corrected chi connectivity index (χ3v) is 5.55. The van der Waals surface area contributed by atoms with Crippen molar-refractivity contribution in [2.24, 2.45) is 0 Å². The minimum absolute atomic E-state index is 0.00587. The zero-order valence-corrected chi connectivity index (χ0v) is 16.1. The molecule has 0 spiro atoms. The molecule has 0 aliphatic carbocycles. The van der Waals surface area contributed by atoms with Gasteiger partial charge in [0.05, 0.1) is 44.7 Å². The normalized spacial score (nSPS) is 16.6. The molecule has 2 heterocycles. The molecule has 2 N–H and O–H groups in total. The van der Waals surface area contributed by atoms with Gasteiger partial charge in [0, 0.05) is 12.1 Å². The van der Waals surface area contributed by atoms with Gasteiger partial charge in [-0.1, -0.05) is 35.0 Å². The van der Waals surface area contributed by atoms with Gasteiger partial charge in [0.15, 0.2) is 0 Å². The molecule has 27 heavy (non-hydrogen) atoms. The van der Waals surface area contributed by atoms with Gasteiger partial charge in [0.25, 0.3) is 0 Å². The second-order valence-corrected chi connectivity index (χ2v) is 7.44. The van der Waals surface area contributed by atoms with Crippen LogP contribution in [0.5, 0.6) is 0 Å². The highest BCUT2D eigenvalue weighted by Crippen LogP contribution is 2.36. The third-order valence-electron chi connectivity index (χ3n) is 3.79. The minimum Gasteiger partial charge on any atom is -0.469 e. The first-order valence-corrected chi connectivity index (χ1v) is 9.57. The SMILES string of the molecule is N#CC1=C(SCC(=O)Nc2ccc(Cl)c(Cl)c2)NC(=O)C[C@H]1c1ccco1. The van der Waals surface area contributed by atoms with Crippen LogP contribution >= 0.6 is 35.0 Å². The van der Waals surface area contributed by atoms with Crippen LogP contribution in [-0.2, 0) is 9.59 Å². The molecule has 138 valence electrons. The number of amides is 2. The number of furan rings is 1. The molecule has 0 unspecified atom stereocenters. The number of nitrogens with zero attached hydrogens (tertiary/aromatic N) is 1. The maximum atomic E-state index is 12.2. The van der Waals surface area contributed by atoms with Crippen molar-refractivity contribution in [3.8, 4) is 6.07 Å². The summed E-state index contributed by atoms with van der Waals surface area (Å²) in [6, 6.07) is 10.3. The van der Waals surface area contributed by atoms with Crippen molar-refractivity contribution in [1.82, 2.24) is 5.32 Å². The maximum absolute atomic E-state index is 12.2. The number of carbonyl (C=O) groups excluding carboxylic acids is 2. The zero-order chi connectivity index (χ0) is 19.4. The van der Waals surface area contributed by atoms with E-state index in [1.165, 1.54) is 6.26 Å². The van der Waals surface area contributed by atoms with E-state index < -0.39 is 5.92 Å². The second kappa shape index (κ2) is 8.53. The Morgan fingerprint density at radius 3 is 2.85 bits per heavy atom. The number of nitriles is 1. The van der Waals surface area contributed by atoms with Gasteiger partial charge < -0.3 is 15.1 Å². The van der Waals surface area contributed by atoms with Gasteiger partial charge in [-0.05, 0) is 30.3 Å². The molecule has 0 fully saturated rings. The van der Waals surface area contributed by atoms with Crippen molar-refractivity contribution in [2.75, 3.05) is 11.1 Å². The molecule has 6 nitrogen and oxygen atoms in total. The Morgan fingerprint density at radius 2 is 2.19 bits per heavy atom. The molecule has 0 bridgehead atoms. The van der Waals surface area contributed by atoms with Gasteiger partial charge in [0.1, 0.15) is 5.76 Å². The number of allylic oxidation sites excluding steroid dienone is 1. The van der Waals surface area contributed by atoms with E-state index in [1.807, 2.05) is 0 Å². The molecule has 1 aromatic heterocycles. The van der Waals surface area contributed by atoms with Crippen molar-refractivity contribution in [3.63, 3.8) is 0 Å². The van der Waals surface area contributed by atoms with E-state index in [0.29, 0.717) is 32.1 Å². The average Bonchev–Trinajstić information content (AvgIpc) is 3.17. The fourth-order valence-corrected chi connectivity index (χ4v) is 3.75. The van der Waals surface area contributed by atoms with Crippen LogP contribution < -0.4 is 10.6 Å². The Hall–Kier alpha value is -2.40. The Kier molecular flexibility index (Phi) is 6.11. The predicted molar refractivity (Wildman–Crippen MR) is 104 cm³/mol. The lowest BCUT2D eigenvalue weighted by Gasteiger charge is -2.23. The maximum Gasteiger partial charge on any atom is 0.234 e. The lowest BCUT2D eigenvalue weighted by molar-refractivity contribution is -0.121. The number of carbonyl (C=O) groups is 2. The first-order valence-electron chi connectivity index (χ1n) is 7.83. The number of nitrogens with one attached hydrogen (secondary N) is 2. The van der Waals surface area contributed by atoms with Gasteiger partial charge in [-0.2, -0.15) is 5.26 Å². The zero-order valence-electron chi connectivity index (χ0n) is 13.8. The smallest absolute Gasteiger partial charge is 0.234 e. The molecule has 1 atom stereocenters. The van der Waals surface area contributed by atoms with Crippen molar-refractivity contribution < 1.29 is 14.0 Å². The predicted octanol–water partition coefficient (Wildman–Crippen LogP) is 4.30. The van der Waals surface area contributed by atoms with Gasteiger partial charge in [-0.25, -0.2) is 0 Å². The fourth-order valence-electron chi connectivity index (χ4n) is 2.57. The topological polar surface area (TPSA) is 95.1 Å². The van der Waals surface area contributed by atoms with Crippen LogP contribution in [0.4, 0.5) is 5.69 Å². The third kappa shape index (κ3) is 4.66. The van der Waals surface area contributed by atoms with E-state index in [9.17, 15) is 14.9 Å². The molecule has 1 aromatic carbocycles. The largest absolute Gasteiger partial charge is 0.469 e. The number of hydrogen-bond acceptors (Lipinski definition) is 5. The van der Waals surface area contributed by atoms with E-state index >= 15 is 0 Å². The monoisotopic (exact) mass is 421 g/mol. The molecule has 9 heteroatoms. The summed E-state index contributed by atoms with van der Waals surface area (Å²) in [5, 5.41) is 16.0. The highest BCUT2D eigenvalue weighted by atomic mass is 35.5. The Balaban J connectivity index is 1.71. The number of halogens is 2. The summed E-state index contributed by atoms with van der Waals surface area (Å²) >= 11 is 12.9. The van der Waals surface area contributed by atoms with E-state index in [4.69, 9.17) is 27.6 Å². The van der Waals surface area contributed by atoms with Gasteiger partial charge in [-0.3, -0.25) is 9.59 Å². The number of benzene rings is 1. The summed E-state index contributed by atoms with van der Waals surface area (Å²) in [7, 11) is 0. The quantitative estimate of drug-likeness (QED) is 0.749. The molecular weight excluding hydrogens is 409 g/mol. The van der Waals surface area contributed by atoms with Crippen molar-refractivity contribution >= 4 is 52.5 Å². The van der Waals surface area contributed by atoms with E-state index in [2.05, 4.69) is 16.7 Å². The number of anilines is 1. The fraction of sp³-hybridized carbons (Fsp3) is 0.167. The highest BCUT2D eigenvalue weighted by Gasteiger charge is 2.31. The van der Waals surface area contributed by atoms with E-state index in [0.717, 1.165) is 11.8 Å². The summed E-state index contributed by atoms with van der Waals surface area (Å²) in [6.07, 6.45) is 1.62. The summed E-state index contributed by atoms with van der Waals surface area (Å²) in [4.78, 5) is 24.2. The summed E-state index contributed by atoms with van der Waals surface area (Å²) in [5.74, 6) is -0.453. The van der Waals surface area contributed by atoms with Crippen LogP contribution in [-0.4, -0.2) is 17.6 Å². The number of hydrogen-bond donors (Lipinski definition) is 2. The standard InChI is InChI=1S/C18H13Cl2N3O3S/c19-13-4-3-10(6-14(13)20)22-17(25)9-27-18-12(8-21)11(7-16(24)23-18)15-2-1-5-26-15/h1-6,11H,7,9H2,(H,22,25)(H,23,24)/t11-/m1/s1. The van der Waals surface area contributed by atoms with Crippen molar-refractivity contribution in [3.05, 3.63) is 63.0 Å². The number of thioether (sulfide) groups is 1. The van der Waals surface area contributed by atoms with Crippen LogP contribution in [0.2, 0.25) is 10.0 Å². The van der Waals surface area contributed by atoms with Gasteiger partial charge >= 0.3 is 0 Å². The molecule has 3 rings (SSSR count). The Bertz CT molecular complexity index is 951. The number of rotatable bonds is 5. The average molecular weight is 422 g/mol. The summed E-state index contributed by atoms with van der Waals surface area (Å²) < 4.78 is 5.35. The Labute approximate surface area is 169 Å². The van der Waals surface area contributed by atoms with E-state index in [-0.39, 0.29) is 24.0 Å². The molecule has 2 amide bonds. The molecule has 1 aliphatic rings. The van der Waals surface area contributed by atoms with Crippen LogP contribution in [0.1, 0.15) is 18.1 Å². The minimum atomic E-state index is -0.459. The summed E-state index contributed by atoms with van der Waals surface area (Å²) in [5.41, 5.74) is 0.877. The van der Waals surface area contributed by atoms with Gasteiger partial charge in [0.2, 0.25) is 11.8 Å². The molecule has 2 aromatic rings. The molecule has 0 saturated carbocycles. The molecule has 1 aliphatic heterocycles. The molecule has 0 saturated heterocycles. The van der Waals surface area contributed by atoms with Crippen LogP contribution in [0, 0.1) is 11.3 Å². The summed E-state index contributed by atoms with van der Waals surface area (Å²) in [6.45, 7) is 0. The van der Waals surface area contributed by atoms with Crippen molar-refractivity contribution in [1.29, 1.82) is 5.26 Å². The first kappa shape index (κ1) is 19.4. The second-order valence-electron chi connectivity index (χ2n) is 5.64. The van der Waals surface area contributed by atoms with Crippen LogP contribution in [0.15, 0.2) is 51.6 Å². The van der Waals surface area contributed by atoms with E-state index in [1.54, 1.807) is 30.3 Å². The molecular formula is C18H13Cl2N3O3S. The van der Waals surface area contributed by atoms with Crippen molar-refractivity contribution in [2.45, 2.75) is 12.3 Å². The molecule has 0 radical (unpaired) electrons.